The Bertz CT molecular complexity index is 978. The number of hydrogen-bond donors (Lipinski definition) is 1. The van der Waals surface area contributed by atoms with Gasteiger partial charge >= 0.3 is 6.03 Å². The highest BCUT2D eigenvalue weighted by molar-refractivity contribution is 6.39. The molecule has 0 atom stereocenters. The molecule has 0 aliphatic carbocycles. The molecule has 0 aromatic heterocycles. The van der Waals surface area contributed by atoms with Crippen molar-refractivity contribution in [3.05, 3.63) is 64.7 Å². The second kappa shape index (κ2) is 8.08. The van der Waals surface area contributed by atoms with Gasteiger partial charge in [0.2, 0.25) is 0 Å². The van der Waals surface area contributed by atoms with Gasteiger partial charge in [-0.2, -0.15) is 0 Å². The van der Waals surface area contributed by atoms with Crippen LogP contribution in [0.2, 0.25) is 0 Å². The van der Waals surface area contributed by atoms with Crippen LogP contribution in [0.1, 0.15) is 30.0 Å². The zero-order valence-electron chi connectivity index (χ0n) is 16.1. The summed E-state index contributed by atoms with van der Waals surface area (Å²) < 4.78 is 5.70. The van der Waals surface area contributed by atoms with Gasteiger partial charge in [0.25, 0.3) is 11.8 Å². The molecule has 1 aliphatic rings. The van der Waals surface area contributed by atoms with Gasteiger partial charge in [-0.3, -0.25) is 14.9 Å². The molecule has 144 valence electrons. The molecule has 1 N–H and O–H groups in total. The van der Waals surface area contributed by atoms with Crippen molar-refractivity contribution in [2.75, 3.05) is 11.5 Å². The van der Waals surface area contributed by atoms with Crippen molar-refractivity contribution in [1.29, 1.82) is 0 Å². The van der Waals surface area contributed by atoms with Crippen LogP contribution in [0.15, 0.2) is 48.0 Å². The zero-order chi connectivity index (χ0) is 20.3. The number of barbiturate groups is 1. The zero-order valence-corrected chi connectivity index (χ0v) is 16.1. The van der Waals surface area contributed by atoms with E-state index in [0.717, 1.165) is 22.4 Å². The lowest BCUT2D eigenvalue weighted by molar-refractivity contribution is -0.122. The Kier molecular flexibility index (Phi) is 5.59. The average Bonchev–Trinajstić information content (AvgIpc) is 2.66. The van der Waals surface area contributed by atoms with E-state index in [1.54, 1.807) is 24.3 Å². The van der Waals surface area contributed by atoms with E-state index in [9.17, 15) is 14.4 Å². The molecule has 1 heterocycles. The number of ether oxygens (including phenoxy) is 1. The largest absolute Gasteiger partial charge is 0.493 e. The number of carbonyl (C=O) groups excluding carboxylic acids is 3. The second-order valence-corrected chi connectivity index (χ2v) is 6.63. The molecular formula is C22H22N2O4. The van der Waals surface area contributed by atoms with E-state index in [1.165, 1.54) is 6.08 Å². The maximum absolute atomic E-state index is 13.1. The van der Waals surface area contributed by atoms with E-state index in [4.69, 9.17) is 4.74 Å². The topological polar surface area (TPSA) is 75.7 Å². The van der Waals surface area contributed by atoms with E-state index in [1.807, 2.05) is 39.0 Å². The van der Waals surface area contributed by atoms with Crippen molar-refractivity contribution in [3.63, 3.8) is 0 Å². The summed E-state index contributed by atoms with van der Waals surface area (Å²) in [5, 5.41) is 2.26. The lowest BCUT2D eigenvalue weighted by Crippen LogP contribution is -2.54. The molecule has 1 saturated heterocycles. The van der Waals surface area contributed by atoms with Gasteiger partial charge in [-0.05, 0) is 49.6 Å². The number of benzene rings is 2. The quantitative estimate of drug-likeness (QED) is 0.635. The van der Waals surface area contributed by atoms with Crippen molar-refractivity contribution >= 4 is 29.6 Å². The third kappa shape index (κ3) is 3.81. The van der Waals surface area contributed by atoms with E-state index < -0.39 is 17.8 Å². The normalized spacial score (nSPS) is 15.8. The number of hydrogen-bond acceptors (Lipinski definition) is 4. The van der Waals surface area contributed by atoms with E-state index in [-0.39, 0.29) is 5.57 Å². The first-order valence-electron chi connectivity index (χ1n) is 9.13. The van der Waals surface area contributed by atoms with Crippen molar-refractivity contribution in [2.45, 2.75) is 27.2 Å². The van der Waals surface area contributed by atoms with Crippen molar-refractivity contribution in [1.82, 2.24) is 5.32 Å². The molecule has 0 spiro atoms. The first-order valence-corrected chi connectivity index (χ1v) is 9.13. The second-order valence-electron chi connectivity index (χ2n) is 6.63. The monoisotopic (exact) mass is 378 g/mol. The van der Waals surface area contributed by atoms with Gasteiger partial charge in [-0.15, -0.1) is 0 Å². The van der Waals surface area contributed by atoms with Crippen molar-refractivity contribution < 1.29 is 19.1 Å². The van der Waals surface area contributed by atoms with Crippen LogP contribution in [0, 0.1) is 13.8 Å². The van der Waals surface area contributed by atoms with Gasteiger partial charge in [0.15, 0.2) is 0 Å². The Morgan fingerprint density at radius 2 is 1.82 bits per heavy atom. The molecule has 2 aromatic carbocycles. The lowest BCUT2D eigenvalue weighted by Gasteiger charge is -2.28. The molecule has 1 aliphatic heterocycles. The molecule has 4 amide bonds. The van der Waals surface area contributed by atoms with Gasteiger partial charge < -0.3 is 4.74 Å². The molecule has 28 heavy (non-hydrogen) atoms. The predicted molar refractivity (Wildman–Crippen MR) is 107 cm³/mol. The van der Waals surface area contributed by atoms with E-state index in [0.29, 0.717) is 23.6 Å². The summed E-state index contributed by atoms with van der Waals surface area (Å²) >= 11 is 0. The number of carbonyl (C=O) groups is 3. The highest BCUT2D eigenvalue weighted by Crippen LogP contribution is 2.28. The number of nitrogens with one attached hydrogen (secondary N) is 1. The number of amides is 4. The minimum absolute atomic E-state index is 0.118. The van der Waals surface area contributed by atoms with E-state index >= 15 is 0 Å². The predicted octanol–water partition coefficient (Wildman–Crippen LogP) is 3.76. The van der Waals surface area contributed by atoms with Gasteiger partial charge in [0, 0.05) is 5.56 Å². The molecule has 0 radical (unpaired) electrons. The Labute approximate surface area is 163 Å². The first kappa shape index (κ1) is 19.4. The Balaban J connectivity index is 2.04. The maximum atomic E-state index is 13.1. The molecule has 0 bridgehead atoms. The fraction of sp³-hybridized carbons (Fsp3) is 0.227. The smallest absolute Gasteiger partial charge is 0.335 e. The molecule has 0 unspecified atom stereocenters. The Morgan fingerprint density at radius 1 is 1.07 bits per heavy atom. The average molecular weight is 378 g/mol. The number of urea groups is 1. The summed E-state index contributed by atoms with van der Waals surface area (Å²) in [7, 11) is 0. The third-order valence-electron chi connectivity index (χ3n) is 4.39. The third-order valence-corrected chi connectivity index (χ3v) is 4.39. The number of anilines is 1. The summed E-state index contributed by atoms with van der Waals surface area (Å²) in [4.78, 5) is 38.9. The number of imide groups is 2. The summed E-state index contributed by atoms with van der Waals surface area (Å²) in [5.74, 6) is -0.803. The molecule has 3 rings (SSSR count). The summed E-state index contributed by atoms with van der Waals surface area (Å²) in [5.41, 5.74) is 2.60. The summed E-state index contributed by atoms with van der Waals surface area (Å²) in [6.45, 7) is 6.20. The highest BCUT2D eigenvalue weighted by atomic mass is 16.5. The number of para-hydroxylation sites is 1. The molecule has 6 heteroatoms. The molecule has 1 fully saturated rings. The van der Waals surface area contributed by atoms with Crippen LogP contribution in [-0.2, 0) is 9.59 Å². The van der Waals surface area contributed by atoms with Crippen molar-refractivity contribution in [2.24, 2.45) is 0 Å². The fourth-order valence-corrected chi connectivity index (χ4v) is 2.94. The van der Waals surface area contributed by atoms with Crippen LogP contribution in [0.3, 0.4) is 0 Å². The van der Waals surface area contributed by atoms with Crippen LogP contribution < -0.4 is 15.0 Å². The number of aryl methyl sites for hydroxylation is 2. The SMILES string of the molecule is CCCOc1ccccc1/C=C1\C(=O)NC(=O)N(c2cc(C)ccc2C)C1=O. The van der Waals surface area contributed by atoms with Gasteiger partial charge in [0.1, 0.15) is 11.3 Å². The number of nitrogens with zero attached hydrogens (tertiary/aromatic N) is 1. The van der Waals surface area contributed by atoms with Crippen LogP contribution >= 0.6 is 0 Å². The maximum Gasteiger partial charge on any atom is 0.335 e. The summed E-state index contributed by atoms with van der Waals surface area (Å²) in [6, 6.07) is 11.9. The summed E-state index contributed by atoms with van der Waals surface area (Å²) in [6.07, 6.45) is 2.30. The van der Waals surface area contributed by atoms with Gasteiger partial charge in [-0.25, -0.2) is 9.69 Å². The molecule has 6 nitrogen and oxygen atoms in total. The Hall–Kier alpha value is -3.41. The first-order chi connectivity index (χ1) is 13.4. The Morgan fingerprint density at radius 3 is 2.57 bits per heavy atom. The minimum atomic E-state index is -0.753. The van der Waals surface area contributed by atoms with Crippen LogP contribution in [-0.4, -0.2) is 24.5 Å². The van der Waals surface area contributed by atoms with Crippen LogP contribution in [0.4, 0.5) is 10.5 Å². The fourth-order valence-electron chi connectivity index (χ4n) is 2.94. The standard InChI is InChI=1S/C22H22N2O4/c1-4-11-28-19-8-6-5-7-16(19)13-17-20(25)23-22(27)24(21(17)26)18-12-14(2)9-10-15(18)3/h5-10,12-13H,4,11H2,1-3H3,(H,23,25,27)/b17-13+. The van der Waals surface area contributed by atoms with Crippen LogP contribution in [0.25, 0.3) is 6.08 Å². The van der Waals surface area contributed by atoms with Crippen molar-refractivity contribution in [3.8, 4) is 5.75 Å². The van der Waals surface area contributed by atoms with Gasteiger partial charge in [0.05, 0.1) is 12.3 Å². The molecule has 2 aromatic rings. The molecule has 0 saturated carbocycles. The lowest BCUT2D eigenvalue weighted by atomic mass is 10.0. The minimum Gasteiger partial charge on any atom is -0.493 e. The van der Waals surface area contributed by atoms with Gasteiger partial charge in [-0.1, -0.05) is 37.3 Å². The highest BCUT2D eigenvalue weighted by Gasteiger charge is 2.37. The number of rotatable bonds is 5. The van der Waals surface area contributed by atoms with E-state index in [2.05, 4.69) is 5.32 Å². The molecular weight excluding hydrogens is 356 g/mol. The van der Waals surface area contributed by atoms with Crippen LogP contribution in [0.5, 0.6) is 5.75 Å².